The fourth-order valence-corrected chi connectivity index (χ4v) is 4.69. The molecule has 0 atom stereocenters. The number of hydrogen-bond acceptors (Lipinski definition) is 7. The Hall–Kier alpha value is -6.21. The van der Waals surface area contributed by atoms with Crippen molar-refractivity contribution in [3.63, 3.8) is 0 Å². The lowest BCUT2D eigenvalue weighted by atomic mass is 10.1. The molecule has 0 fully saturated rings. The van der Waals surface area contributed by atoms with Crippen LogP contribution in [-0.2, 0) is 27.4 Å². The summed E-state index contributed by atoms with van der Waals surface area (Å²) in [6.45, 7) is 3.84. The van der Waals surface area contributed by atoms with Gasteiger partial charge in [0, 0.05) is 23.6 Å². The number of benzene rings is 3. The molecule has 1 aromatic heterocycles. The number of esters is 1. The number of anilines is 3. The lowest BCUT2D eigenvalue weighted by Gasteiger charge is -2.25. The lowest BCUT2D eigenvalue weighted by Crippen LogP contribution is -2.59. The molecular weight excluding hydrogens is 572 g/mol. The maximum absolute atomic E-state index is 13.4. The van der Waals surface area contributed by atoms with Gasteiger partial charge < -0.3 is 14.7 Å². The fourth-order valence-electron chi connectivity index (χ4n) is 4.69. The van der Waals surface area contributed by atoms with E-state index in [1.165, 1.54) is 18.2 Å². The molecule has 0 amide bonds. The third kappa shape index (κ3) is 7.24. The molecule has 0 aliphatic rings. The largest absolute Gasteiger partial charge is 0.480 e. The van der Waals surface area contributed by atoms with Gasteiger partial charge in [-0.1, -0.05) is 73.3 Å². The minimum Gasteiger partial charge on any atom is -0.480 e. The molecule has 4 rings (SSSR count). The van der Waals surface area contributed by atoms with E-state index in [2.05, 4.69) is 11.5 Å². The molecule has 4 aromatic rings. The molecule has 0 saturated heterocycles. The third-order valence-corrected chi connectivity index (χ3v) is 6.68. The van der Waals surface area contributed by atoms with Crippen molar-refractivity contribution < 1.29 is 19.4 Å². The number of rotatable bonds is 11. The molecular formula is C35H30N4O6. The molecule has 0 aliphatic heterocycles. The zero-order valence-corrected chi connectivity index (χ0v) is 24.5. The van der Waals surface area contributed by atoms with Gasteiger partial charge in [-0.25, -0.2) is 4.79 Å². The van der Waals surface area contributed by atoms with Gasteiger partial charge in [0.25, 0.3) is 11.1 Å². The van der Waals surface area contributed by atoms with E-state index in [0.29, 0.717) is 0 Å². The molecule has 0 radical (unpaired) electrons. The summed E-state index contributed by atoms with van der Waals surface area (Å²) in [6.07, 6.45) is 5.78. The smallest absolute Gasteiger partial charge is 0.353 e. The van der Waals surface area contributed by atoms with Crippen molar-refractivity contribution in [2.75, 3.05) is 11.5 Å². The summed E-state index contributed by atoms with van der Waals surface area (Å²) < 4.78 is 6.67. The first-order chi connectivity index (χ1) is 21.8. The summed E-state index contributed by atoms with van der Waals surface area (Å²) in [6, 6.07) is 29.2. The molecule has 10 nitrogen and oxygen atoms in total. The van der Waals surface area contributed by atoms with Gasteiger partial charge in [0.1, 0.15) is 29.9 Å². The second-order valence-corrected chi connectivity index (χ2v) is 9.57. The number of aliphatic carboxylic acids is 1. The molecule has 0 spiro atoms. The fraction of sp³-hybridized carbons (Fsp3) is 0.114. The number of hydrogen-bond donors (Lipinski definition) is 1. The summed E-state index contributed by atoms with van der Waals surface area (Å²) in [5.74, 6) is -2.52. The Morgan fingerprint density at radius 3 is 1.98 bits per heavy atom. The van der Waals surface area contributed by atoms with E-state index in [9.17, 15) is 29.5 Å². The number of nitrogens with zero attached hydrogens (tertiary/aromatic N) is 4. The van der Waals surface area contributed by atoms with Crippen LogP contribution in [0.1, 0.15) is 12.5 Å². The average Bonchev–Trinajstić information content (AvgIpc) is 3.05. The standard InChI is InChI=1S/C35H30N4O6/c1-3-22-45-35(44)30(23-36)32-37(4-2)33(42)29(34(43)38(32)24-31(40)41)17-11-12-25-18-20-28(21-19-25)39(26-13-7-5-8-14-26)27-15-9-6-10-16-27/h3,5-21H,1,4,22,24H2,2H3,(H,40,41)/b12-11+,29-17+,32-30-. The van der Waals surface area contributed by atoms with Crippen molar-refractivity contribution in [1.82, 2.24) is 9.13 Å². The highest BCUT2D eigenvalue weighted by atomic mass is 16.5. The first-order valence-corrected chi connectivity index (χ1v) is 14.0. The number of carbonyl (C=O) groups is 2. The van der Waals surface area contributed by atoms with E-state index in [0.717, 1.165) is 31.8 Å². The van der Waals surface area contributed by atoms with Crippen molar-refractivity contribution >= 4 is 46.7 Å². The number of carboxylic acid groups (broad SMARTS) is 1. The van der Waals surface area contributed by atoms with Crippen molar-refractivity contribution in [3.05, 3.63) is 141 Å². The molecule has 1 N–H and O–H groups in total. The van der Waals surface area contributed by atoms with Crippen molar-refractivity contribution in [1.29, 1.82) is 5.26 Å². The highest BCUT2D eigenvalue weighted by molar-refractivity contribution is 6.15. The number of carbonyl (C=O) groups excluding carboxylic acids is 1. The van der Waals surface area contributed by atoms with Crippen LogP contribution in [0.15, 0.2) is 113 Å². The summed E-state index contributed by atoms with van der Waals surface area (Å²) in [5.41, 5.74) is 0.805. The Morgan fingerprint density at radius 1 is 0.911 bits per heavy atom. The normalized spacial score (nSPS) is 12.0. The van der Waals surface area contributed by atoms with Crippen LogP contribution in [0.25, 0.3) is 17.7 Å². The van der Waals surface area contributed by atoms with E-state index in [-0.39, 0.29) is 18.4 Å². The minimum absolute atomic E-state index is 0.0562. The Kier molecular flexibility index (Phi) is 10.4. The molecule has 45 heavy (non-hydrogen) atoms. The van der Waals surface area contributed by atoms with Crippen LogP contribution in [0.2, 0.25) is 0 Å². The summed E-state index contributed by atoms with van der Waals surface area (Å²) in [5, 5.41) is 18.9. The summed E-state index contributed by atoms with van der Waals surface area (Å²) in [7, 11) is 0. The minimum atomic E-state index is -1.40. The van der Waals surface area contributed by atoms with Gasteiger partial charge in [0.05, 0.1) is 0 Å². The molecule has 1 heterocycles. The van der Waals surface area contributed by atoms with E-state index in [4.69, 9.17) is 4.74 Å². The van der Waals surface area contributed by atoms with Crippen LogP contribution in [0.4, 0.5) is 17.1 Å². The first-order valence-electron chi connectivity index (χ1n) is 14.0. The van der Waals surface area contributed by atoms with Crippen LogP contribution in [0.5, 0.6) is 0 Å². The van der Waals surface area contributed by atoms with Gasteiger partial charge in [0.15, 0.2) is 5.57 Å². The predicted molar refractivity (Wildman–Crippen MR) is 172 cm³/mol. The highest BCUT2D eigenvalue weighted by Crippen LogP contribution is 2.34. The Balaban J connectivity index is 1.79. The molecule has 0 aliphatic carbocycles. The predicted octanol–water partition coefficient (Wildman–Crippen LogP) is 3.48. The van der Waals surface area contributed by atoms with E-state index in [1.807, 2.05) is 84.9 Å². The molecule has 226 valence electrons. The second-order valence-electron chi connectivity index (χ2n) is 9.57. The topological polar surface area (TPSA) is 135 Å². The van der Waals surface area contributed by atoms with Crippen LogP contribution >= 0.6 is 0 Å². The Morgan fingerprint density at radius 2 is 1.47 bits per heavy atom. The average molecular weight is 603 g/mol. The summed E-state index contributed by atoms with van der Waals surface area (Å²) >= 11 is 0. The van der Waals surface area contributed by atoms with Gasteiger partial charge in [-0.15, -0.1) is 0 Å². The maximum atomic E-state index is 13.4. The van der Waals surface area contributed by atoms with Gasteiger partial charge in [0.2, 0.25) is 0 Å². The maximum Gasteiger partial charge on any atom is 0.353 e. The van der Waals surface area contributed by atoms with Crippen LogP contribution < -0.4 is 26.7 Å². The van der Waals surface area contributed by atoms with Gasteiger partial charge in [-0.3, -0.25) is 23.5 Å². The van der Waals surface area contributed by atoms with Crippen molar-refractivity contribution in [2.24, 2.45) is 0 Å². The van der Waals surface area contributed by atoms with Crippen LogP contribution in [-0.4, -0.2) is 32.8 Å². The summed E-state index contributed by atoms with van der Waals surface area (Å²) in [4.78, 5) is 53.2. The van der Waals surface area contributed by atoms with Gasteiger partial charge in [-0.2, -0.15) is 5.26 Å². The molecule has 0 saturated carbocycles. The van der Waals surface area contributed by atoms with E-state index < -0.39 is 40.7 Å². The molecule has 3 aromatic carbocycles. The highest BCUT2D eigenvalue weighted by Gasteiger charge is 2.20. The number of nitriles is 1. The van der Waals surface area contributed by atoms with Crippen molar-refractivity contribution in [2.45, 2.75) is 20.0 Å². The van der Waals surface area contributed by atoms with Crippen molar-refractivity contribution in [3.8, 4) is 6.07 Å². The van der Waals surface area contributed by atoms with Crippen LogP contribution in [0, 0.1) is 11.3 Å². The Labute approximate surface area is 258 Å². The van der Waals surface area contributed by atoms with E-state index >= 15 is 0 Å². The van der Waals surface area contributed by atoms with Crippen LogP contribution in [0.3, 0.4) is 0 Å². The number of ether oxygens (including phenoxy) is 1. The number of aromatic nitrogens is 2. The number of allylic oxidation sites excluding steroid dienone is 1. The zero-order valence-electron chi connectivity index (χ0n) is 24.5. The Bertz CT molecular complexity index is 1980. The monoisotopic (exact) mass is 602 g/mol. The van der Waals surface area contributed by atoms with Gasteiger partial charge >= 0.3 is 11.9 Å². The molecule has 0 unspecified atom stereocenters. The second kappa shape index (κ2) is 14.8. The third-order valence-electron chi connectivity index (χ3n) is 6.68. The number of para-hydroxylation sites is 2. The lowest BCUT2D eigenvalue weighted by molar-refractivity contribution is -0.138. The quantitative estimate of drug-likeness (QED) is 0.204. The first kappa shape index (κ1) is 31.7. The molecule has 10 heteroatoms. The SMILES string of the molecule is C=CCOC(=O)/C(C#N)=c1/n(CC)c(=O)/c(=C\C=C\c2ccc(N(c3ccccc3)c3ccccc3)cc2)c(=O)n1CC(=O)O. The van der Waals surface area contributed by atoms with E-state index in [1.54, 1.807) is 19.1 Å². The molecule has 0 bridgehead atoms. The van der Waals surface area contributed by atoms with Gasteiger partial charge in [-0.05, 0) is 55.0 Å². The number of carboxylic acids is 1. The zero-order chi connectivity index (χ0) is 32.3.